The van der Waals surface area contributed by atoms with Crippen molar-refractivity contribution < 1.29 is 9.31 Å². The van der Waals surface area contributed by atoms with Crippen LogP contribution in [0.4, 0.5) is 15.8 Å². The molecule has 1 aromatic carbocycles. The molecule has 0 spiro atoms. The third kappa shape index (κ3) is 6.33. The van der Waals surface area contributed by atoms with Crippen molar-refractivity contribution in [1.29, 1.82) is 0 Å². The van der Waals surface area contributed by atoms with E-state index in [0.29, 0.717) is 16.8 Å². The highest BCUT2D eigenvalue weighted by molar-refractivity contribution is 7.99. The van der Waals surface area contributed by atoms with Gasteiger partial charge >= 0.3 is 0 Å². The molecule has 118 valence electrons. The summed E-state index contributed by atoms with van der Waals surface area (Å²) < 4.78 is 13.7. The van der Waals surface area contributed by atoms with Crippen LogP contribution in [0.5, 0.6) is 0 Å². The van der Waals surface area contributed by atoms with Crippen molar-refractivity contribution in [2.24, 2.45) is 0 Å². The summed E-state index contributed by atoms with van der Waals surface area (Å²) in [5, 5.41) is 14.1. The number of hydrogen-bond acceptors (Lipinski definition) is 4. The number of nitrogens with one attached hydrogen (secondary N) is 1. The molecule has 0 fully saturated rings. The number of unbranched alkanes of at least 4 members (excludes halogenated alkanes) is 2. The summed E-state index contributed by atoms with van der Waals surface area (Å²) in [7, 11) is 0. The predicted molar refractivity (Wildman–Crippen MR) is 87.4 cm³/mol. The second-order valence-corrected chi connectivity index (χ2v) is 6.22. The fourth-order valence-corrected chi connectivity index (χ4v) is 3.07. The molecule has 1 N–H and O–H groups in total. The number of thioether (sulfide) groups is 1. The summed E-state index contributed by atoms with van der Waals surface area (Å²) in [6.07, 6.45) is 5.97. The van der Waals surface area contributed by atoms with Crippen LogP contribution in [0, 0.1) is 15.9 Å². The molecule has 1 aromatic rings. The van der Waals surface area contributed by atoms with Crippen LogP contribution in [0.25, 0.3) is 0 Å². The highest BCUT2D eigenvalue weighted by Gasteiger charge is 2.11. The van der Waals surface area contributed by atoms with Crippen LogP contribution in [0.2, 0.25) is 0 Å². The smallest absolute Gasteiger partial charge is 0.272 e. The minimum Gasteiger partial charge on any atom is -0.374 e. The number of nitro benzene ring substituents is 1. The quantitative estimate of drug-likeness (QED) is 0.279. The van der Waals surface area contributed by atoms with Gasteiger partial charge in [-0.05, 0) is 18.9 Å². The molecule has 0 radical (unpaired) electrons. The van der Waals surface area contributed by atoms with E-state index in [1.807, 2.05) is 0 Å². The molecule has 0 bridgehead atoms. The topological polar surface area (TPSA) is 55.2 Å². The molecule has 0 saturated carbocycles. The van der Waals surface area contributed by atoms with E-state index >= 15 is 0 Å². The van der Waals surface area contributed by atoms with Crippen LogP contribution in [0.15, 0.2) is 18.2 Å². The molecule has 1 rings (SSSR count). The minimum absolute atomic E-state index is 0.225. The fourth-order valence-electron chi connectivity index (χ4n) is 2.03. The average Bonchev–Trinajstić information content (AvgIpc) is 2.47. The molecule has 6 heteroatoms. The van der Waals surface area contributed by atoms with Crippen molar-refractivity contribution in [3.05, 3.63) is 34.1 Å². The van der Waals surface area contributed by atoms with Crippen LogP contribution < -0.4 is 5.32 Å². The number of benzene rings is 1. The maximum absolute atomic E-state index is 13.7. The van der Waals surface area contributed by atoms with E-state index in [1.165, 1.54) is 37.8 Å². The monoisotopic (exact) mass is 314 g/mol. The Balaban J connectivity index is 2.42. The lowest BCUT2D eigenvalue weighted by Gasteiger charge is -2.15. The molecule has 0 heterocycles. The largest absolute Gasteiger partial charge is 0.374 e. The average molecular weight is 314 g/mol. The van der Waals surface area contributed by atoms with Gasteiger partial charge in [0.15, 0.2) is 5.82 Å². The molecule has 0 aliphatic rings. The lowest BCUT2D eigenvalue weighted by Crippen LogP contribution is -2.07. The first-order valence-corrected chi connectivity index (χ1v) is 8.42. The van der Waals surface area contributed by atoms with E-state index in [4.69, 9.17) is 0 Å². The lowest BCUT2D eigenvalue weighted by molar-refractivity contribution is -0.385. The Kier molecular flexibility index (Phi) is 8.12. The molecule has 0 aliphatic heterocycles. The van der Waals surface area contributed by atoms with Gasteiger partial charge in [-0.2, -0.15) is 0 Å². The Hall–Kier alpha value is -1.30. The Morgan fingerprint density at radius 1 is 1.38 bits per heavy atom. The summed E-state index contributed by atoms with van der Waals surface area (Å²) in [5.74, 6) is 0.0307. The van der Waals surface area contributed by atoms with Crippen LogP contribution in [-0.2, 0) is 0 Å². The molecule has 21 heavy (non-hydrogen) atoms. The van der Waals surface area contributed by atoms with Crippen molar-refractivity contribution in [3.8, 4) is 0 Å². The van der Waals surface area contributed by atoms with Gasteiger partial charge in [0.2, 0.25) is 0 Å². The highest BCUT2D eigenvalue weighted by atomic mass is 32.2. The van der Waals surface area contributed by atoms with Crippen molar-refractivity contribution >= 4 is 23.1 Å². The van der Waals surface area contributed by atoms with Crippen LogP contribution in [0.1, 0.15) is 46.0 Å². The van der Waals surface area contributed by atoms with Crippen LogP contribution in [0.3, 0.4) is 0 Å². The SMILES string of the molecule is CCCCC[C@H](CC)SCNc1ccc([N+](=O)[O-])cc1F. The summed E-state index contributed by atoms with van der Waals surface area (Å²) >= 11 is 1.77. The molecular formula is C15H23FN2O2S. The first kappa shape index (κ1) is 17.8. The van der Waals surface area contributed by atoms with Gasteiger partial charge in [0, 0.05) is 11.3 Å². The molecule has 0 saturated heterocycles. The Labute approximate surface area is 129 Å². The zero-order valence-electron chi connectivity index (χ0n) is 12.6. The number of hydrogen-bond donors (Lipinski definition) is 1. The third-order valence-electron chi connectivity index (χ3n) is 3.33. The summed E-state index contributed by atoms with van der Waals surface area (Å²) in [4.78, 5) is 9.95. The number of nitro groups is 1. The van der Waals surface area contributed by atoms with E-state index in [-0.39, 0.29) is 5.69 Å². The molecule has 0 amide bonds. The van der Waals surface area contributed by atoms with Gasteiger partial charge < -0.3 is 5.32 Å². The second-order valence-electron chi connectivity index (χ2n) is 4.94. The van der Waals surface area contributed by atoms with E-state index in [0.717, 1.165) is 12.5 Å². The fraction of sp³-hybridized carbons (Fsp3) is 0.600. The summed E-state index contributed by atoms with van der Waals surface area (Å²) in [6.45, 7) is 4.35. The van der Waals surface area contributed by atoms with Crippen molar-refractivity contribution in [3.63, 3.8) is 0 Å². The van der Waals surface area contributed by atoms with Gasteiger partial charge in [0.25, 0.3) is 5.69 Å². The van der Waals surface area contributed by atoms with Crippen molar-refractivity contribution in [1.82, 2.24) is 0 Å². The van der Waals surface area contributed by atoms with E-state index < -0.39 is 10.7 Å². The summed E-state index contributed by atoms with van der Waals surface area (Å²) in [5.41, 5.74) is 0.0909. The number of rotatable bonds is 10. The minimum atomic E-state index is -0.595. The Morgan fingerprint density at radius 2 is 2.14 bits per heavy atom. The molecule has 0 aliphatic carbocycles. The zero-order chi connectivity index (χ0) is 15.7. The van der Waals surface area contributed by atoms with Gasteiger partial charge in [0.05, 0.1) is 22.6 Å². The van der Waals surface area contributed by atoms with Gasteiger partial charge in [0.1, 0.15) is 0 Å². The maximum atomic E-state index is 13.7. The zero-order valence-corrected chi connectivity index (χ0v) is 13.4. The molecule has 0 aromatic heterocycles. The van der Waals surface area contributed by atoms with Crippen LogP contribution >= 0.6 is 11.8 Å². The molecule has 0 unspecified atom stereocenters. The number of nitrogens with zero attached hydrogens (tertiary/aromatic N) is 1. The first-order valence-electron chi connectivity index (χ1n) is 7.37. The number of anilines is 1. The maximum Gasteiger partial charge on any atom is 0.272 e. The summed E-state index contributed by atoms with van der Waals surface area (Å²) in [6, 6.07) is 3.69. The third-order valence-corrected chi connectivity index (χ3v) is 4.68. The van der Waals surface area contributed by atoms with Gasteiger partial charge in [-0.3, -0.25) is 10.1 Å². The van der Waals surface area contributed by atoms with E-state index in [9.17, 15) is 14.5 Å². The molecule has 1 atom stereocenters. The van der Waals surface area contributed by atoms with Gasteiger partial charge in [-0.15, -0.1) is 11.8 Å². The number of halogens is 1. The second kappa shape index (κ2) is 9.60. The van der Waals surface area contributed by atoms with Crippen molar-refractivity contribution in [2.75, 3.05) is 11.2 Å². The normalized spacial score (nSPS) is 12.1. The Bertz CT molecular complexity index is 457. The van der Waals surface area contributed by atoms with E-state index in [1.54, 1.807) is 11.8 Å². The lowest BCUT2D eigenvalue weighted by atomic mass is 10.1. The van der Waals surface area contributed by atoms with Crippen molar-refractivity contribution in [2.45, 2.75) is 51.2 Å². The molecule has 4 nitrogen and oxygen atoms in total. The highest BCUT2D eigenvalue weighted by Crippen LogP contribution is 2.24. The first-order chi connectivity index (χ1) is 10.1. The standard InChI is InChI=1S/C15H23FN2O2S/c1-3-5-6-7-13(4-2)21-11-17-15-9-8-12(18(19)20)10-14(15)16/h8-10,13,17H,3-7,11H2,1-2H3/t13-/m0/s1. The van der Waals surface area contributed by atoms with Gasteiger partial charge in [-0.1, -0.05) is 33.1 Å². The van der Waals surface area contributed by atoms with Gasteiger partial charge in [-0.25, -0.2) is 4.39 Å². The number of non-ortho nitro benzene ring substituents is 1. The van der Waals surface area contributed by atoms with Crippen LogP contribution in [-0.4, -0.2) is 16.1 Å². The predicted octanol–water partition coefficient (Wildman–Crippen LogP) is 5.20. The molecular weight excluding hydrogens is 291 g/mol. The van der Waals surface area contributed by atoms with E-state index in [2.05, 4.69) is 19.2 Å². The Morgan fingerprint density at radius 3 is 2.71 bits per heavy atom.